The molecule has 2 amide bonds. The van der Waals surface area contributed by atoms with Gasteiger partial charge in [0, 0.05) is 26.3 Å². The smallest absolute Gasteiger partial charge is 0.254 e. The fraction of sp³-hybridized carbons (Fsp3) is 0.417. The summed E-state index contributed by atoms with van der Waals surface area (Å²) < 4.78 is 0. The van der Waals surface area contributed by atoms with Gasteiger partial charge in [-0.25, -0.2) is 0 Å². The highest BCUT2D eigenvalue weighted by Crippen LogP contribution is 2.26. The van der Waals surface area contributed by atoms with E-state index in [4.69, 9.17) is 11.6 Å². The van der Waals surface area contributed by atoms with E-state index in [1.165, 1.54) is 4.90 Å². The van der Waals surface area contributed by atoms with Crippen LogP contribution in [0.15, 0.2) is 48.5 Å². The molecule has 5 nitrogen and oxygen atoms in total. The van der Waals surface area contributed by atoms with Crippen molar-refractivity contribution in [2.75, 3.05) is 32.6 Å². The van der Waals surface area contributed by atoms with Crippen LogP contribution >= 0.6 is 11.6 Å². The zero-order chi connectivity index (χ0) is 22.3. The zero-order valence-electron chi connectivity index (χ0n) is 18.5. The molecule has 0 saturated carbocycles. The Hall–Kier alpha value is -2.53. The Morgan fingerprint density at radius 2 is 1.73 bits per heavy atom. The number of nitrogens with one attached hydrogen (secondary N) is 1. The molecule has 0 unspecified atom stereocenters. The van der Waals surface area contributed by atoms with Crippen molar-refractivity contribution in [2.24, 2.45) is 0 Å². The summed E-state index contributed by atoms with van der Waals surface area (Å²) in [6.45, 7) is 7.07. The number of halogens is 1. The van der Waals surface area contributed by atoms with Crippen LogP contribution in [0.5, 0.6) is 0 Å². The molecule has 6 heteroatoms. The van der Waals surface area contributed by atoms with E-state index < -0.39 is 5.41 Å². The molecular weight excluding hydrogens is 398 g/mol. The number of amides is 2. The molecule has 0 heterocycles. The molecule has 0 aliphatic carbocycles. The van der Waals surface area contributed by atoms with Gasteiger partial charge in [0.1, 0.15) is 0 Å². The summed E-state index contributed by atoms with van der Waals surface area (Å²) in [6, 6.07) is 15.1. The SMILES string of the molecule is CCCCN(CNc1ccc(C(=O)N(C)C)c(Cl)c1)C(=O)C(C)(C)c1ccccc1. The highest BCUT2D eigenvalue weighted by molar-refractivity contribution is 6.34. The van der Waals surface area contributed by atoms with Crippen molar-refractivity contribution < 1.29 is 9.59 Å². The largest absolute Gasteiger partial charge is 0.368 e. The predicted molar refractivity (Wildman–Crippen MR) is 124 cm³/mol. The molecule has 0 saturated heterocycles. The van der Waals surface area contributed by atoms with Crippen LogP contribution in [0.2, 0.25) is 5.02 Å². The first-order chi connectivity index (χ1) is 14.2. The van der Waals surface area contributed by atoms with E-state index >= 15 is 0 Å². The molecule has 0 fully saturated rings. The van der Waals surface area contributed by atoms with Crippen molar-refractivity contribution in [3.05, 3.63) is 64.7 Å². The molecule has 0 spiro atoms. The van der Waals surface area contributed by atoms with Gasteiger partial charge in [-0.2, -0.15) is 0 Å². The lowest BCUT2D eigenvalue weighted by Gasteiger charge is -2.33. The van der Waals surface area contributed by atoms with Crippen molar-refractivity contribution >= 4 is 29.1 Å². The summed E-state index contributed by atoms with van der Waals surface area (Å²) in [5, 5.41) is 3.67. The van der Waals surface area contributed by atoms with Gasteiger partial charge in [0.25, 0.3) is 5.91 Å². The first-order valence-corrected chi connectivity index (χ1v) is 10.7. The van der Waals surface area contributed by atoms with Crippen LogP contribution < -0.4 is 5.32 Å². The first-order valence-electron chi connectivity index (χ1n) is 10.3. The van der Waals surface area contributed by atoms with Gasteiger partial charge in [-0.15, -0.1) is 0 Å². The van der Waals surface area contributed by atoms with Gasteiger partial charge in [0.05, 0.1) is 22.7 Å². The lowest BCUT2D eigenvalue weighted by atomic mass is 9.83. The Morgan fingerprint density at radius 1 is 1.07 bits per heavy atom. The Kier molecular flexibility index (Phi) is 8.30. The third kappa shape index (κ3) is 5.76. The third-order valence-corrected chi connectivity index (χ3v) is 5.49. The molecule has 0 radical (unpaired) electrons. The lowest BCUT2D eigenvalue weighted by Crippen LogP contribution is -2.46. The Morgan fingerprint density at radius 3 is 2.30 bits per heavy atom. The van der Waals surface area contributed by atoms with Gasteiger partial charge >= 0.3 is 0 Å². The number of hydrogen-bond acceptors (Lipinski definition) is 3. The first kappa shape index (κ1) is 23.7. The van der Waals surface area contributed by atoms with Crippen LogP contribution in [-0.2, 0) is 10.2 Å². The van der Waals surface area contributed by atoms with Crippen molar-refractivity contribution in [1.82, 2.24) is 9.80 Å². The number of hydrogen-bond donors (Lipinski definition) is 1. The maximum Gasteiger partial charge on any atom is 0.254 e. The highest BCUT2D eigenvalue weighted by Gasteiger charge is 2.33. The summed E-state index contributed by atoms with van der Waals surface area (Å²) in [6.07, 6.45) is 1.93. The minimum Gasteiger partial charge on any atom is -0.368 e. The van der Waals surface area contributed by atoms with Crippen LogP contribution in [0, 0.1) is 0 Å². The molecule has 0 aromatic heterocycles. The Labute approximate surface area is 185 Å². The Bertz CT molecular complexity index is 866. The van der Waals surface area contributed by atoms with E-state index in [1.54, 1.807) is 26.2 Å². The van der Waals surface area contributed by atoms with Crippen LogP contribution in [-0.4, -0.2) is 48.9 Å². The number of nitrogens with zero attached hydrogens (tertiary/aromatic N) is 2. The monoisotopic (exact) mass is 429 g/mol. The summed E-state index contributed by atoms with van der Waals surface area (Å²) in [5.41, 5.74) is 1.58. The molecule has 30 heavy (non-hydrogen) atoms. The van der Waals surface area contributed by atoms with Gasteiger partial charge in [-0.05, 0) is 44.0 Å². The molecule has 0 atom stereocenters. The predicted octanol–water partition coefficient (Wildman–Crippen LogP) is 5.02. The summed E-state index contributed by atoms with van der Waals surface area (Å²) in [7, 11) is 3.38. The van der Waals surface area contributed by atoms with E-state index in [0.717, 1.165) is 24.1 Å². The number of carbonyl (C=O) groups is 2. The van der Waals surface area contributed by atoms with Gasteiger partial charge in [0.2, 0.25) is 5.91 Å². The molecule has 0 bridgehead atoms. The topological polar surface area (TPSA) is 52.7 Å². The zero-order valence-corrected chi connectivity index (χ0v) is 19.3. The fourth-order valence-electron chi connectivity index (χ4n) is 3.20. The maximum atomic E-state index is 13.4. The van der Waals surface area contributed by atoms with Gasteiger partial charge in [0.15, 0.2) is 0 Å². The molecule has 0 aliphatic heterocycles. The standard InChI is InChI=1S/C24H32ClN3O2/c1-6-7-15-28(23(30)24(2,3)18-11-9-8-10-12-18)17-26-19-13-14-20(21(25)16-19)22(29)27(4)5/h8-14,16,26H,6-7,15,17H2,1-5H3. The summed E-state index contributed by atoms with van der Waals surface area (Å²) in [4.78, 5) is 28.9. The van der Waals surface area contributed by atoms with E-state index in [-0.39, 0.29) is 11.8 Å². The van der Waals surface area contributed by atoms with Gasteiger partial charge in [-0.1, -0.05) is 55.3 Å². The van der Waals surface area contributed by atoms with Crippen LogP contribution in [0.1, 0.15) is 49.5 Å². The molecule has 0 aliphatic rings. The summed E-state index contributed by atoms with van der Waals surface area (Å²) in [5.74, 6) is -0.0731. The van der Waals surface area contributed by atoms with Crippen molar-refractivity contribution in [1.29, 1.82) is 0 Å². The average molecular weight is 430 g/mol. The second kappa shape index (κ2) is 10.5. The van der Waals surface area contributed by atoms with Crippen molar-refractivity contribution in [2.45, 2.75) is 39.0 Å². The normalized spacial score (nSPS) is 11.1. The van der Waals surface area contributed by atoms with E-state index in [9.17, 15) is 9.59 Å². The second-order valence-electron chi connectivity index (χ2n) is 8.14. The minimum absolute atomic E-state index is 0.0696. The molecule has 162 valence electrons. The van der Waals surface area contributed by atoms with Crippen molar-refractivity contribution in [3.63, 3.8) is 0 Å². The molecule has 1 N–H and O–H groups in total. The molecule has 2 rings (SSSR count). The number of anilines is 1. The van der Waals surface area contributed by atoms with E-state index in [2.05, 4.69) is 12.2 Å². The van der Waals surface area contributed by atoms with E-state index in [1.807, 2.05) is 55.1 Å². The van der Waals surface area contributed by atoms with Crippen LogP contribution in [0.4, 0.5) is 5.69 Å². The van der Waals surface area contributed by atoms with E-state index in [0.29, 0.717) is 23.8 Å². The second-order valence-corrected chi connectivity index (χ2v) is 8.55. The number of carbonyl (C=O) groups excluding carboxylic acids is 2. The molecule has 2 aromatic carbocycles. The number of unbranched alkanes of at least 4 members (excludes halogenated alkanes) is 1. The highest BCUT2D eigenvalue weighted by atomic mass is 35.5. The average Bonchev–Trinajstić information content (AvgIpc) is 2.73. The number of benzene rings is 2. The van der Waals surface area contributed by atoms with Gasteiger partial charge < -0.3 is 15.1 Å². The van der Waals surface area contributed by atoms with Gasteiger partial charge in [-0.3, -0.25) is 9.59 Å². The number of rotatable bonds is 9. The lowest BCUT2D eigenvalue weighted by molar-refractivity contribution is -0.136. The third-order valence-electron chi connectivity index (χ3n) is 5.18. The summed E-state index contributed by atoms with van der Waals surface area (Å²) >= 11 is 6.31. The fourth-order valence-corrected chi connectivity index (χ4v) is 3.46. The van der Waals surface area contributed by atoms with Crippen LogP contribution in [0.3, 0.4) is 0 Å². The maximum absolute atomic E-state index is 13.4. The van der Waals surface area contributed by atoms with Crippen molar-refractivity contribution in [3.8, 4) is 0 Å². The molecular formula is C24H32ClN3O2. The van der Waals surface area contributed by atoms with Crippen LogP contribution in [0.25, 0.3) is 0 Å². The minimum atomic E-state index is -0.629. The Balaban J connectivity index is 2.16. The molecule has 2 aromatic rings. The quantitative estimate of drug-likeness (QED) is 0.569.